The molecular weight excluding hydrogens is 1240 g/mol. The van der Waals surface area contributed by atoms with Gasteiger partial charge in [-0.3, -0.25) is 19.2 Å². The lowest BCUT2D eigenvalue weighted by molar-refractivity contribution is -0.180. The number of hydrogen-bond acceptors (Lipinski definition) is 12. The Morgan fingerprint density at radius 2 is 1.03 bits per heavy atom. The fourth-order valence-corrected chi connectivity index (χ4v) is 11.4. The minimum Gasteiger partial charge on any atom is -0.481 e. The molecule has 1 aromatic rings. The van der Waals surface area contributed by atoms with Crippen LogP contribution < -0.4 is 26.6 Å². The summed E-state index contributed by atoms with van der Waals surface area (Å²) in [7, 11) is 2.18. The van der Waals surface area contributed by atoms with Gasteiger partial charge in [-0.05, 0) is 188 Å². The van der Waals surface area contributed by atoms with E-state index < -0.39 is 65.3 Å². The first-order chi connectivity index (χ1) is 47.1. The summed E-state index contributed by atoms with van der Waals surface area (Å²) in [6, 6.07) is 2.16. The van der Waals surface area contributed by atoms with E-state index in [0.29, 0.717) is 37.1 Å². The minimum atomic E-state index is -1.51. The highest BCUT2D eigenvalue weighted by Gasteiger charge is 2.40. The Labute approximate surface area is 589 Å². The molecule has 1 aliphatic rings. The van der Waals surface area contributed by atoms with Crippen molar-refractivity contribution in [2.45, 2.75) is 308 Å². The zero-order valence-electron chi connectivity index (χ0n) is 61.6. The van der Waals surface area contributed by atoms with E-state index in [2.05, 4.69) is 101 Å². The normalized spacial score (nSPS) is 15.8. The van der Waals surface area contributed by atoms with Crippen LogP contribution in [0.2, 0.25) is 0 Å². The average Bonchev–Trinajstić information content (AvgIpc) is 1.67. The first kappa shape index (κ1) is 88.2. The number of amides is 5. The number of rotatable bonds is 62. The number of carbonyl (C=O) groups excluding carboxylic acids is 4. The van der Waals surface area contributed by atoms with Crippen molar-refractivity contribution in [2.75, 3.05) is 59.6 Å². The molecule has 1 fully saturated rings. The predicted octanol–water partition coefficient (Wildman–Crippen LogP) is 15.5. The van der Waals surface area contributed by atoms with Crippen molar-refractivity contribution in [1.82, 2.24) is 31.5 Å². The Kier molecular flexibility index (Phi) is 49.3. The molecule has 1 aliphatic heterocycles. The summed E-state index contributed by atoms with van der Waals surface area (Å²) in [5, 5.41) is 40.5. The van der Waals surface area contributed by atoms with Gasteiger partial charge in [-0.15, -0.1) is 0 Å². The second kappa shape index (κ2) is 54.8. The fourth-order valence-electron chi connectivity index (χ4n) is 11.4. The molecule has 0 spiro atoms. The zero-order chi connectivity index (χ0) is 72.0. The first-order valence-electron chi connectivity index (χ1n) is 37.7. The molecule has 0 saturated carbocycles. The van der Waals surface area contributed by atoms with E-state index in [4.69, 9.17) is 24.1 Å². The highest BCUT2D eigenvalue weighted by molar-refractivity contribution is 5.97. The number of aliphatic carboxylic acids is 3. The summed E-state index contributed by atoms with van der Waals surface area (Å²) < 4.78 is 25.8. The molecule has 1 aromatic carbocycles. The Balaban J connectivity index is 1.65. The molecule has 5 amide bonds. The van der Waals surface area contributed by atoms with Crippen molar-refractivity contribution in [3.63, 3.8) is 0 Å². The van der Waals surface area contributed by atoms with E-state index in [-0.39, 0.29) is 63.5 Å². The standard InChI is InChI=1S/C78H132N6O14/c1-8-10-12-14-16-18-20-22-24-26-28-30-32-34-36-41-54-78(55-42-37-35-33-31-29-27-25-23-21-19-17-15-13-11-9-2)96-61-66(98-78)53-59-84(7)58-44-38-39-46-69(85)81-62-76(3,4)97-63-77(5,6)95-60-57-80-72(89)65-49-47-64(48-50-65)71(88)79-56-43-40-45-67(73(90)91)82-75(94)83-68(74(92)93)51-52-70(86)87/h16-19,22-25,47-50,66-68H,8-15,20-21,26-46,51-63H2,1-7H3,(H,79,88)(H,80,89)(H,81,85)(H,86,87)(H,90,91)(H,92,93)(H2,82,83,94). The van der Waals surface area contributed by atoms with E-state index in [9.17, 15) is 43.8 Å². The number of carbonyl (C=O) groups is 7. The van der Waals surface area contributed by atoms with Gasteiger partial charge in [-0.2, -0.15) is 0 Å². The molecule has 20 heteroatoms. The van der Waals surface area contributed by atoms with Gasteiger partial charge in [0.25, 0.3) is 11.8 Å². The summed E-state index contributed by atoms with van der Waals surface area (Å²) in [6.07, 6.45) is 54.4. The van der Waals surface area contributed by atoms with E-state index in [1.54, 1.807) is 0 Å². The average molecular weight is 1380 g/mol. The van der Waals surface area contributed by atoms with Gasteiger partial charge in [0.15, 0.2) is 5.79 Å². The second-order valence-electron chi connectivity index (χ2n) is 27.9. The molecule has 0 radical (unpaired) electrons. The van der Waals surface area contributed by atoms with E-state index in [1.165, 1.54) is 153 Å². The zero-order valence-corrected chi connectivity index (χ0v) is 61.6. The number of unbranched alkanes of at least 4 members (excludes halogenated alkanes) is 21. The van der Waals surface area contributed by atoms with E-state index in [0.717, 1.165) is 77.3 Å². The summed E-state index contributed by atoms with van der Waals surface area (Å²) in [6.45, 7) is 16.0. The molecule has 20 nitrogen and oxygen atoms in total. The van der Waals surface area contributed by atoms with Crippen molar-refractivity contribution < 1.29 is 67.8 Å². The molecule has 8 N–H and O–H groups in total. The lowest BCUT2D eigenvalue weighted by Gasteiger charge is -2.32. The van der Waals surface area contributed by atoms with Crippen molar-refractivity contribution in [3.8, 4) is 0 Å². The molecule has 558 valence electrons. The van der Waals surface area contributed by atoms with Gasteiger partial charge in [-0.1, -0.05) is 146 Å². The predicted molar refractivity (Wildman–Crippen MR) is 392 cm³/mol. The van der Waals surface area contributed by atoms with Crippen LogP contribution in [0.25, 0.3) is 0 Å². The van der Waals surface area contributed by atoms with Crippen LogP contribution in [-0.4, -0.2) is 157 Å². The van der Waals surface area contributed by atoms with Gasteiger partial charge in [0.05, 0.1) is 37.1 Å². The molecule has 3 atom stereocenters. The maximum Gasteiger partial charge on any atom is 0.326 e. The van der Waals surface area contributed by atoms with Gasteiger partial charge >= 0.3 is 23.9 Å². The Morgan fingerprint density at radius 3 is 1.54 bits per heavy atom. The number of allylic oxidation sites excluding steroid dienone is 8. The molecular formula is C78H132N6O14. The number of ether oxygens (including phenoxy) is 4. The number of urea groups is 1. The van der Waals surface area contributed by atoms with E-state index in [1.807, 2.05) is 27.7 Å². The van der Waals surface area contributed by atoms with Gasteiger partial charge in [0.2, 0.25) is 5.91 Å². The highest BCUT2D eigenvalue weighted by Crippen LogP contribution is 2.36. The molecule has 0 bridgehead atoms. The van der Waals surface area contributed by atoms with Crippen LogP contribution >= 0.6 is 0 Å². The van der Waals surface area contributed by atoms with E-state index >= 15 is 0 Å². The van der Waals surface area contributed by atoms with Crippen molar-refractivity contribution >= 4 is 41.7 Å². The van der Waals surface area contributed by atoms with Crippen LogP contribution in [0.15, 0.2) is 72.9 Å². The van der Waals surface area contributed by atoms with Gasteiger partial charge in [-0.25, -0.2) is 14.4 Å². The van der Waals surface area contributed by atoms with Crippen LogP contribution in [0, 0.1) is 0 Å². The molecule has 2 rings (SSSR count). The van der Waals surface area contributed by atoms with Crippen LogP contribution in [-0.2, 0) is 38.1 Å². The van der Waals surface area contributed by atoms with Gasteiger partial charge in [0.1, 0.15) is 12.1 Å². The topological polar surface area (TPSA) is 280 Å². The lowest BCUT2D eigenvalue weighted by atomic mass is 9.98. The Bertz CT molecular complexity index is 2420. The number of benzene rings is 1. The maximum absolute atomic E-state index is 12.9. The summed E-state index contributed by atoms with van der Waals surface area (Å²) in [4.78, 5) is 87.1. The largest absolute Gasteiger partial charge is 0.481 e. The lowest BCUT2D eigenvalue weighted by Crippen LogP contribution is -2.51. The van der Waals surface area contributed by atoms with Crippen molar-refractivity contribution in [2.24, 2.45) is 0 Å². The minimum absolute atomic E-state index is 0.000236. The van der Waals surface area contributed by atoms with Crippen LogP contribution in [0.1, 0.15) is 293 Å². The Hall–Kier alpha value is -5.93. The fraction of sp³-hybridized carbons (Fsp3) is 0.731. The van der Waals surface area contributed by atoms with Crippen LogP contribution in [0.4, 0.5) is 4.79 Å². The van der Waals surface area contributed by atoms with Crippen LogP contribution in [0.5, 0.6) is 0 Å². The monoisotopic (exact) mass is 1380 g/mol. The number of hydrogen-bond donors (Lipinski definition) is 8. The molecule has 3 unspecified atom stereocenters. The summed E-state index contributed by atoms with van der Waals surface area (Å²) in [5.74, 6) is -5.25. The van der Waals surface area contributed by atoms with Crippen molar-refractivity contribution in [3.05, 3.63) is 84.0 Å². The third-order valence-corrected chi connectivity index (χ3v) is 17.6. The molecule has 98 heavy (non-hydrogen) atoms. The number of carboxylic acid groups (broad SMARTS) is 3. The quantitative estimate of drug-likeness (QED) is 0.0222. The Morgan fingerprint density at radius 1 is 0.551 bits per heavy atom. The third-order valence-electron chi connectivity index (χ3n) is 17.6. The summed E-state index contributed by atoms with van der Waals surface area (Å²) >= 11 is 0. The SMILES string of the molecule is CCCCCC=CCC=CCCCCCCCCC1(CCCCCCCCC=CCC=CCCCCC)OCC(CCN(C)CCCCCC(=O)NCC(C)(C)OCC(C)(C)OCCNC(=O)c2ccc(C(=O)NCCCCC(NC(=O)NC(CCC(=O)O)C(=O)O)C(=O)O)cc2)O1. The number of nitrogens with one attached hydrogen (secondary N) is 5. The molecule has 0 aliphatic carbocycles. The molecule has 1 heterocycles. The molecule has 0 aromatic heterocycles. The van der Waals surface area contributed by atoms with Crippen LogP contribution in [0.3, 0.4) is 0 Å². The smallest absolute Gasteiger partial charge is 0.326 e. The van der Waals surface area contributed by atoms with Crippen molar-refractivity contribution in [1.29, 1.82) is 0 Å². The highest BCUT2D eigenvalue weighted by atomic mass is 16.7. The second-order valence-corrected chi connectivity index (χ2v) is 27.9. The summed E-state index contributed by atoms with van der Waals surface area (Å²) in [5.41, 5.74) is -0.689. The van der Waals surface area contributed by atoms with Gasteiger partial charge in [0, 0.05) is 63.0 Å². The number of nitrogens with zero attached hydrogens (tertiary/aromatic N) is 1. The third kappa shape index (κ3) is 46.4. The van der Waals surface area contributed by atoms with Gasteiger partial charge < -0.3 is 65.8 Å². The molecule has 1 saturated heterocycles. The maximum atomic E-state index is 12.9. The number of carboxylic acids is 3. The first-order valence-corrected chi connectivity index (χ1v) is 37.7.